The number of nitrogens with one attached hydrogen (secondary N) is 1. The van der Waals surface area contributed by atoms with Gasteiger partial charge in [0.1, 0.15) is 5.82 Å². The Balaban J connectivity index is 2.24. The summed E-state index contributed by atoms with van der Waals surface area (Å²) in [5.41, 5.74) is 2.65. The average molecular weight is 172 g/mol. The Bertz CT molecular complexity index is 377. The Morgan fingerprint density at radius 1 is 1.31 bits per heavy atom. The van der Waals surface area contributed by atoms with Crippen LogP contribution in [-0.4, -0.2) is 9.97 Å². The maximum absolute atomic E-state index is 4.20. The highest BCUT2D eigenvalue weighted by Gasteiger charge is 1.99. The summed E-state index contributed by atoms with van der Waals surface area (Å²) in [5.74, 6) is 1.02. The molecule has 0 aliphatic heterocycles. The zero-order valence-electron chi connectivity index (χ0n) is 7.62. The van der Waals surface area contributed by atoms with Crippen molar-refractivity contribution in [2.24, 2.45) is 0 Å². The summed E-state index contributed by atoms with van der Waals surface area (Å²) < 4.78 is 0. The van der Waals surface area contributed by atoms with Crippen molar-refractivity contribution in [1.82, 2.24) is 9.97 Å². The SMILES string of the molecule is Cc1ccccc1Cc1ncc[nH]1. The van der Waals surface area contributed by atoms with Gasteiger partial charge in [0.05, 0.1) is 0 Å². The molecule has 0 atom stereocenters. The van der Waals surface area contributed by atoms with E-state index in [0.29, 0.717) is 0 Å². The Labute approximate surface area is 77.6 Å². The van der Waals surface area contributed by atoms with Crippen LogP contribution < -0.4 is 0 Å². The molecule has 2 rings (SSSR count). The Kier molecular flexibility index (Phi) is 2.13. The second kappa shape index (κ2) is 3.44. The summed E-state index contributed by atoms with van der Waals surface area (Å²) in [7, 11) is 0. The van der Waals surface area contributed by atoms with Gasteiger partial charge in [-0.05, 0) is 18.1 Å². The Morgan fingerprint density at radius 2 is 2.15 bits per heavy atom. The van der Waals surface area contributed by atoms with Gasteiger partial charge in [0.2, 0.25) is 0 Å². The summed E-state index contributed by atoms with van der Waals surface area (Å²) in [5, 5.41) is 0. The van der Waals surface area contributed by atoms with Gasteiger partial charge in [-0.25, -0.2) is 4.98 Å². The zero-order chi connectivity index (χ0) is 9.10. The Hall–Kier alpha value is -1.57. The van der Waals surface area contributed by atoms with Crippen LogP contribution in [0.25, 0.3) is 0 Å². The third-order valence-electron chi connectivity index (χ3n) is 2.17. The largest absolute Gasteiger partial charge is 0.348 e. The summed E-state index contributed by atoms with van der Waals surface area (Å²) in [4.78, 5) is 7.30. The number of benzene rings is 1. The van der Waals surface area contributed by atoms with Crippen LogP contribution in [0.2, 0.25) is 0 Å². The zero-order valence-corrected chi connectivity index (χ0v) is 7.62. The average Bonchev–Trinajstić information content (AvgIpc) is 2.61. The van der Waals surface area contributed by atoms with Crippen molar-refractivity contribution in [2.75, 3.05) is 0 Å². The number of aromatic nitrogens is 2. The van der Waals surface area contributed by atoms with E-state index in [2.05, 4.69) is 41.2 Å². The van der Waals surface area contributed by atoms with Gasteiger partial charge in [-0.15, -0.1) is 0 Å². The smallest absolute Gasteiger partial charge is 0.110 e. The molecular formula is C11H12N2. The number of imidazole rings is 1. The molecule has 1 aromatic heterocycles. The van der Waals surface area contributed by atoms with E-state index in [0.717, 1.165) is 12.2 Å². The van der Waals surface area contributed by atoms with Crippen molar-refractivity contribution in [3.63, 3.8) is 0 Å². The standard InChI is InChI=1S/C11H12N2/c1-9-4-2-3-5-10(9)8-11-12-6-7-13-11/h2-7H,8H2,1H3,(H,12,13). The van der Waals surface area contributed by atoms with E-state index in [1.54, 1.807) is 6.20 Å². The molecule has 66 valence electrons. The van der Waals surface area contributed by atoms with Crippen LogP contribution >= 0.6 is 0 Å². The quantitative estimate of drug-likeness (QED) is 0.739. The van der Waals surface area contributed by atoms with E-state index in [9.17, 15) is 0 Å². The minimum Gasteiger partial charge on any atom is -0.348 e. The minimum atomic E-state index is 0.889. The molecule has 0 unspecified atom stereocenters. The van der Waals surface area contributed by atoms with Crippen LogP contribution in [0.5, 0.6) is 0 Å². The first kappa shape index (κ1) is 8.05. The van der Waals surface area contributed by atoms with E-state index in [1.807, 2.05) is 6.20 Å². The topological polar surface area (TPSA) is 28.7 Å². The van der Waals surface area contributed by atoms with Crippen LogP contribution in [0, 0.1) is 6.92 Å². The van der Waals surface area contributed by atoms with Crippen molar-refractivity contribution < 1.29 is 0 Å². The lowest BCUT2D eigenvalue weighted by molar-refractivity contribution is 1.01. The van der Waals surface area contributed by atoms with Gasteiger partial charge in [-0.1, -0.05) is 24.3 Å². The van der Waals surface area contributed by atoms with Gasteiger partial charge in [0.15, 0.2) is 0 Å². The first-order chi connectivity index (χ1) is 6.36. The normalized spacial score (nSPS) is 10.2. The molecule has 0 spiro atoms. The molecule has 0 aliphatic rings. The molecule has 0 bridgehead atoms. The maximum Gasteiger partial charge on any atom is 0.110 e. The van der Waals surface area contributed by atoms with Gasteiger partial charge in [-0.3, -0.25) is 0 Å². The molecular weight excluding hydrogens is 160 g/mol. The van der Waals surface area contributed by atoms with E-state index < -0.39 is 0 Å². The van der Waals surface area contributed by atoms with Crippen LogP contribution in [0.3, 0.4) is 0 Å². The molecule has 2 aromatic rings. The van der Waals surface area contributed by atoms with Crippen LogP contribution in [0.4, 0.5) is 0 Å². The molecule has 0 radical (unpaired) electrons. The molecule has 0 aliphatic carbocycles. The third-order valence-corrected chi connectivity index (χ3v) is 2.17. The molecule has 0 fully saturated rings. The number of nitrogens with zero attached hydrogens (tertiary/aromatic N) is 1. The van der Waals surface area contributed by atoms with Crippen molar-refractivity contribution >= 4 is 0 Å². The molecule has 1 heterocycles. The van der Waals surface area contributed by atoms with Gasteiger partial charge in [-0.2, -0.15) is 0 Å². The van der Waals surface area contributed by atoms with Crippen LogP contribution in [0.15, 0.2) is 36.7 Å². The molecule has 0 saturated heterocycles. The van der Waals surface area contributed by atoms with Gasteiger partial charge in [0.25, 0.3) is 0 Å². The first-order valence-corrected chi connectivity index (χ1v) is 4.39. The van der Waals surface area contributed by atoms with E-state index in [-0.39, 0.29) is 0 Å². The highest BCUT2D eigenvalue weighted by Crippen LogP contribution is 2.10. The third kappa shape index (κ3) is 1.78. The van der Waals surface area contributed by atoms with Crippen molar-refractivity contribution in [3.05, 3.63) is 53.6 Å². The van der Waals surface area contributed by atoms with E-state index >= 15 is 0 Å². The number of H-pyrrole nitrogens is 1. The van der Waals surface area contributed by atoms with E-state index in [1.165, 1.54) is 11.1 Å². The minimum absolute atomic E-state index is 0.889. The molecule has 2 heteroatoms. The van der Waals surface area contributed by atoms with Gasteiger partial charge < -0.3 is 4.98 Å². The lowest BCUT2D eigenvalue weighted by Crippen LogP contribution is -1.92. The predicted molar refractivity (Wildman–Crippen MR) is 52.6 cm³/mol. The maximum atomic E-state index is 4.20. The summed E-state index contributed by atoms with van der Waals surface area (Å²) >= 11 is 0. The molecule has 1 N–H and O–H groups in total. The monoisotopic (exact) mass is 172 g/mol. The molecule has 1 aromatic carbocycles. The van der Waals surface area contributed by atoms with Gasteiger partial charge >= 0.3 is 0 Å². The van der Waals surface area contributed by atoms with E-state index in [4.69, 9.17) is 0 Å². The number of rotatable bonds is 2. The van der Waals surface area contributed by atoms with Crippen molar-refractivity contribution in [3.8, 4) is 0 Å². The lowest BCUT2D eigenvalue weighted by Gasteiger charge is -2.01. The highest BCUT2D eigenvalue weighted by atomic mass is 14.9. The predicted octanol–water partition coefficient (Wildman–Crippen LogP) is 2.31. The lowest BCUT2D eigenvalue weighted by atomic mass is 10.1. The number of aromatic amines is 1. The van der Waals surface area contributed by atoms with Crippen molar-refractivity contribution in [1.29, 1.82) is 0 Å². The molecule has 13 heavy (non-hydrogen) atoms. The fourth-order valence-corrected chi connectivity index (χ4v) is 1.38. The molecule has 0 saturated carbocycles. The summed E-state index contributed by atoms with van der Waals surface area (Å²) in [6.45, 7) is 2.12. The molecule has 0 amide bonds. The summed E-state index contributed by atoms with van der Waals surface area (Å²) in [6.07, 6.45) is 4.53. The molecule has 2 nitrogen and oxygen atoms in total. The van der Waals surface area contributed by atoms with Crippen LogP contribution in [0.1, 0.15) is 17.0 Å². The van der Waals surface area contributed by atoms with Crippen molar-refractivity contribution in [2.45, 2.75) is 13.3 Å². The first-order valence-electron chi connectivity index (χ1n) is 4.39. The number of aryl methyl sites for hydroxylation is 1. The van der Waals surface area contributed by atoms with Gasteiger partial charge in [0, 0.05) is 18.8 Å². The second-order valence-electron chi connectivity index (χ2n) is 3.14. The fourth-order valence-electron chi connectivity index (χ4n) is 1.38. The van der Waals surface area contributed by atoms with Crippen LogP contribution in [-0.2, 0) is 6.42 Å². The fraction of sp³-hybridized carbons (Fsp3) is 0.182. The highest BCUT2D eigenvalue weighted by molar-refractivity contribution is 5.28. The number of hydrogen-bond acceptors (Lipinski definition) is 1. The number of hydrogen-bond donors (Lipinski definition) is 1. The Morgan fingerprint density at radius 3 is 2.85 bits per heavy atom. The second-order valence-corrected chi connectivity index (χ2v) is 3.14. The summed E-state index contributed by atoms with van der Waals surface area (Å²) in [6, 6.07) is 8.38.